The zero-order valence-corrected chi connectivity index (χ0v) is 6.52. The molecular formula is C7H5F4NO. The van der Waals surface area contributed by atoms with E-state index in [9.17, 15) is 17.6 Å². The number of hydrogen-bond acceptors (Lipinski definition) is 2. The van der Waals surface area contributed by atoms with Crippen LogP contribution in [0.5, 0.6) is 5.75 Å². The molecule has 1 aromatic rings. The molecule has 0 aliphatic rings. The molecule has 0 N–H and O–H groups in total. The van der Waals surface area contributed by atoms with E-state index in [1.165, 1.54) is 0 Å². The summed E-state index contributed by atoms with van der Waals surface area (Å²) in [5, 5.41) is 0. The Bertz CT molecular complexity index is 310. The van der Waals surface area contributed by atoms with Crippen LogP contribution in [0.4, 0.5) is 17.6 Å². The van der Waals surface area contributed by atoms with E-state index in [1.54, 1.807) is 0 Å². The van der Waals surface area contributed by atoms with Crippen LogP contribution in [0.15, 0.2) is 12.3 Å². The van der Waals surface area contributed by atoms with Gasteiger partial charge in [-0.3, -0.25) is 0 Å². The van der Waals surface area contributed by atoms with Crippen LogP contribution >= 0.6 is 0 Å². The molecular weight excluding hydrogens is 190 g/mol. The third kappa shape index (κ3) is 2.07. The lowest BCUT2D eigenvalue weighted by molar-refractivity contribution is -0.141. The van der Waals surface area contributed by atoms with Crippen LogP contribution in [0, 0.1) is 5.82 Å². The van der Waals surface area contributed by atoms with Gasteiger partial charge in [0.1, 0.15) is 5.69 Å². The Balaban J connectivity index is 3.14. The van der Waals surface area contributed by atoms with E-state index >= 15 is 0 Å². The number of ether oxygens (including phenoxy) is 1. The van der Waals surface area contributed by atoms with Crippen molar-refractivity contribution in [1.29, 1.82) is 0 Å². The fourth-order valence-corrected chi connectivity index (χ4v) is 0.732. The van der Waals surface area contributed by atoms with E-state index < -0.39 is 23.4 Å². The molecule has 72 valence electrons. The lowest BCUT2D eigenvalue weighted by Gasteiger charge is -2.07. The van der Waals surface area contributed by atoms with E-state index in [0.29, 0.717) is 12.3 Å². The van der Waals surface area contributed by atoms with E-state index in [0.717, 1.165) is 7.11 Å². The molecule has 0 aromatic carbocycles. The summed E-state index contributed by atoms with van der Waals surface area (Å²) in [6.45, 7) is 0. The maximum absolute atomic E-state index is 12.6. The Hall–Kier alpha value is -1.33. The van der Waals surface area contributed by atoms with Gasteiger partial charge in [0.2, 0.25) is 0 Å². The zero-order valence-electron chi connectivity index (χ0n) is 6.52. The first-order chi connectivity index (χ1) is 5.95. The van der Waals surface area contributed by atoms with E-state index in [4.69, 9.17) is 0 Å². The van der Waals surface area contributed by atoms with Crippen LogP contribution in [0.2, 0.25) is 0 Å². The number of aromatic nitrogens is 1. The molecule has 0 fully saturated rings. The molecule has 1 heterocycles. The van der Waals surface area contributed by atoms with Crippen LogP contribution in [-0.4, -0.2) is 12.1 Å². The minimum Gasteiger partial charge on any atom is -0.494 e. The topological polar surface area (TPSA) is 22.1 Å². The molecule has 0 unspecified atom stereocenters. The van der Waals surface area contributed by atoms with Crippen molar-refractivity contribution in [3.05, 3.63) is 23.8 Å². The Morgan fingerprint density at radius 1 is 1.38 bits per heavy atom. The van der Waals surface area contributed by atoms with Crippen molar-refractivity contribution in [3.63, 3.8) is 0 Å². The van der Waals surface area contributed by atoms with Crippen molar-refractivity contribution >= 4 is 0 Å². The summed E-state index contributed by atoms with van der Waals surface area (Å²) in [5.41, 5.74) is -1.18. The summed E-state index contributed by atoms with van der Waals surface area (Å²) >= 11 is 0. The third-order valence-electron chi connectivity index (χ3n) is 1.33. The molecule has 6 heteroatoms. The third-order valence-corrected chi connectivity index (χ3v) is 1.33. The summed E-state index contributed by atoms with van der Waals surface area (Å²) in [4.78, 5) is 2.88. The molecule has 0 spiro atoms. The highest BCUT2D eigenvalue weighted by atomic mass is 19.4. The number of pyridine rings is 1. The quantitative estimate of drug-likeness (QED) is 0.641. The highest BCUT2D eigenvalue weighted by Gasteiger charge is 2.33. The summed E-state index contributed by atoms with van der Waals surface area (Å²) in [6, 6.07) is 0.509. The van der Waals surface area contributed by atoms with Crippen molar-refractivity contribution in [1.82, 2.24) is 4.98 Å². The van der Waals surface area contributed by atoms with Gasteiger partial charge in [-0.15, -0.1) is 0 Å². The van der Waals surface area contributed by atoms with Gasteiger partial charge in [0.05, 0.1) is 13.3 Å². The van der Waals surface area contributed by atoms with Gasteiger partial charge >= 0.3 is 6.18 Å². The van der Waals surface area contributed by atoms with Gasteiger partial charge in [0.15, 0.2) is 11.6 Å². The summed E-state index contributed by atoms with van der Waals surface area (Å²) < 4.78 is 53.0. The minimum atomic E-state index is -4.58. The normalized spacial score (nSPS) is 11.5. The molecule has 2 nitrogen and oxygen atoms in total. The van der Waals surface area contributed by atoms with Crippen LogP contribution in [0.3, 0.4) is 0 Å². The average Bonchev–Trinajstić information content (AvgIpc) is 2.03. The summed E-state index contributed by atoms with van der Waals surface area (Å²) in [6.07, 6.45) is -4.11. The molecule has 0 aliphatic carbocycles. The molecule has 0 saturated heterocycles. The first-order valence-corrected chi connectivity index (χ1v) is 3.22. The number of hydrogen-bond donors (Lipinski definition) is 0. The maximum Gasteiger partial charge on any atom is 0.433 e. The van der Waals surface area contributed by atoms with Crippen molar-refractivity contribution in [3.8, 4) is 5.75 Å². The number of halogens is 4. The monoisotopic (exact) mass is 195 g/mol. The Kier molecular flexibility index (Phi) is 2.40. The first-order valence-electron chi connectivity index (χ1n) is 3.22. The molecule has 0 radical (unpaired) electrons. The van der Waals surface area contributed by atoms with Gasteiger partial charge in [0, 0.05) is 6.07 Å². The molecule has 13 heavy (non-hydrogen) atoms. The van der Waals surface area contributed by atoms with E-state index in [2.05, 4.69) is 9.72 Å². The minimum absolute atomic E-state index is 0.470. The molecule has 1 aromatic heterocycles. The zero-order chi connectivity index (χ0) is 10.1. The second-order valence-corrected chi connectivity index (χ2v) is 2.20. The lowest BCUT2D eigenvalue weighted by Crippen LogP contribution is -2.08. The van der Waals surface area contributed by atoms with Crippen LogP contribution < -0.4 is 4.74 Å². The number of nitrogens with zero attached hydrogens (tertiary/aromatic N) is 1. The lowest BCUT2D eigenvalue weighted by atomic mass is 10.3. The Morgan fingerprint density at radius 3 is 2.46 bits per heavy atom. The molecule has 0 atom stereocenters. The predicted molar refractivity (Wildman–Crippen MR) is 35.7 cm³/mol. The predicted octanol–water partition coefficient (Wildman–Crippen LogP) is 2.25. The SMILES string of the molecule is COc1cc(C(F)(F)F)ncc1F. The van der Waals surface area contributed by atoms with Crippen molar-refractivity contribution in [2.45, 2.75) is 6.18 Å². The van der Waals surface area contributed by atoms with Gasteiger partial charge in [-0.25, -0.2) is 9.37 Å². The van der Waals surface area contributed by atoms with E-state index in [-0.39, 0.29) is 0 Å². The van der Waals surface area contributed by atoms with Gasteiger partial charge < -0.3 is 4.74 Å². The molecule has 1 rings (SSSR count). The molecule has 0 aliphatic heterocycles. The fourth-order valence-electron chi connectivity index (χ4n) is 0.732. The van der Waals surface area contributed by atoms with Gasteiger partial charge in [-0.05, 0) is 0 Å². The van der Waals surface area contributed by atoms with Gasteiger partial charge in [-0.2, -0.15) is 13.2 Å². The number of methoxy groups -OCH3 is 1. The molecule has 0 bridgehead atoms. The largest absolute Gasteiger partial charge is 0.494 e. The van der Waals surface area contributed by atoms with Crippen LogP contribution in [0.1, 0.15) is 5.69 Å². The highest BCUT2D eigenvalue weighted by Crippen LogP contribution is 2.30. The maximum atomic E-state index is 12.6. The second kappa shape index (κ2) is 3.20. The molecule has 0 amide bonds. The molecule has 0 saturated carbocycles. The number of rotatable bonds is 1. The Morgan fingerprint density at radius 2 is 2.00 bits per heavy atom. The summed E-state index contributed by atoms with van der Waals surface area (Å²) in [7, 11) is 1.08. The van der Waals surface area contributed by atoms with Crippen molar-refractivity contribution < 1.29 is 22.3 Å². The second-order valence-electron chi connectivity index (χ2n) is 2.20. The van der Waals surface area contributed by atoms with E-state index in [1.807, 2.05) is 0 Å². The smallest absolute Gasteiger partial charge is 0.433 e. The van der Waals surface area contributed by atoms with Crippen molar-refractivity contribution in [2.75, 3.05) is 7.11 Å². The first kappa shape index (κ1) is 9.76. The number of alkyl halides is 3. The Labute approximate surface area is 71.2 Å². The standard InChI is InChI=1S/C7H5F4NO/c1-13-5-2-6(7(9,10)11)12-3-4(5)8/h2-3H,1H3. The highest BCUT2D eigenvalue weighted by molar-refractivity contribution is 5.25. The summed E-state index contributed by atoms with van der Waals surface area (Å²) in [5.74, 6) is -1.39. The van der Waals surface area contributed by atoms with Gasteiger partial charge in [-0.1, -0.05) is 0 Å². The fraction of sp³-hybridized carbons (Fsp3) is 0.286. The van der Waals surface area contributed by atoms with Crippen LogP contribution in [0.25, 0.3) is 0 Å². The van der Waals surface area contributed by atoms with Crippen molar-refractivity contribution in [2.24, 2.45) is 0 Å². The van der Waals surface area contributed by atoms with Crippen LogP contribution in [-0.2, 0) is 6.18 Å². The van der Waals surface area contributed by atoms with Gasteiger partial charge in [0.25, 0.3) is 0 Å². The average molecular weight is 195 g/mol.